The van der Waals surface area contributed by atoms with Crippen molar-refractivity contribution in [2.75, 3.05) is 13.1 Å². The van der Waals surface area contributed by atoms with E-state index in [1.165, 1.54) is 44.3 Å². The molecule has 1 aliphatic carbocycles. The Morgan fingerprint density at radius 1 is 1.22 bits per heavy atom. The first-order valence-electron chi connectivity index (χ1n) is 7.04. The molecular weight excluding hydrogens is 244 g/mol. The van der Waals surface area contributed by atoms with E-state index in [-0.39, 0.29) is 0 Å². The molecular formula is C15H21ClN2. The lowest BCUT2D eigenvalue weighted by molar-refractivity contribution is 0.231. The maximum atomic E-state index is 6.27. The van der Waals surface area contributed by atoms with Crippen LogP contribution in [0.5, 0.6) is 0 Å². The van der Waals surface area contributed by atoms with Crippen LogP contribution < -0.4 is 5.32 Å². The van der Waals surface area contributed by atoms with Crippen molar-refractivity contribution in [2.45, 2.75) is 44.3 Å². The minimum absolute atomic E-state index is 0.688. The predicted molar refractivity (Wildman–Crippen MR) is 75.9 cm³/mol. The SMILES string of the molecule is Clc1ccccc1CN(CC1CCCN1)C1CC1. The second-order valence-corrected chi connectivity index (χ2v) is 5.95. The van der Waals surface area contributed by atoms with Gasteiger partial charge in [-0.15, -0.1) is 0 Å². The predicted octanol–water partition coefficient (Wildman–Crippen LogP) is 3.06. The number of hydrogen-bond donors (Lipinski definition) is 1. The van der Waals surface area contributed by atoms with E-state index < -0.39 is 0 Å². The summed E-state index contributed by atoms with van der Waals surface area (Å²) in [4.78, 5) is 2.62. The van der Waals surface area contributed by atoms with Gasteiger partial charge in [-0.2, -0.15) is 0 Å². The lowest BCUT2D eigenvalue weighted by atomic mass is 10.1. The van der Waals surface area contributed by atoms with Crippen LogP contribution >= 0.6 is 11.6 Å². The number of benzene rings is 1. The highest BCUT2D eigenvalue weighted by molar-refractivity contribution is 6.31. The van der Waals surface area contributed by atoms with Crippen LogP contribution in [0.1, 0.15) is 31.2 Å². The Hall–Kier alpha value is -0.570. The van der Waals surface area contributed by atoms with Crippen molar-refractivity contribution < 1.29 is 0 Å². The first-order chi connectivity index (χ1) is 8.83. The van der Waals surface area contributed by atoms with Crippen LogP contribution in [0.15, 0.2) is 24.3 Å². The fourth-order valence-electron chi connectivity index (χ4n) is 2.82. The van der Waals surface area contributed by atoms with Gasteiger partial charge in [0.2, 0.25) is 0 Å². The van der Waals surface area contributed by atoms with Crippen molar-refractivity contribution in [2.24, 2.45) is 0 Å². The molecule has 3 rings (SSSR count). The van der Waals surface area contributed by atoms with Gasteiger partial charge in [0.05, 0.1) is 0 Å². The zero-order valence-corrected chi connectivity index (χ0v) is 11.5. The Morgan fingerprint density at radius 3 is 2.72 bits per heavy atom. The molecule has 3 heteroatoms. The third kappa shape index (κ3) is 3.05. The normalized spacial score (nSPS) is 23.8. The summed E-state index contributed by atoms with van der Waals surface area (Å²) < 4.78 is 0. The van der Waals surface area contributed by atoms with E-state index in [0.717, 1.165) is 17.6 Å². The maximum Gasteiger partial charge on any atom is 0.0451 e. The fraction of sp³-hybridized carbons (Fsp3) is 0.600. The van der Waals surface area contributed by atoms with Crippen LogP contribution in [0.4, 0.5) is 0 Å². The van der Waals surface area contributed by atoms with Gasteiger partial charge in [0, 0.05) is 30.2 Å². The zero-order valence-electron chi connectivity index (χ0n) is 10.7. The molecule has 0 spiro atoms. The zero-order chi connectivity index (χ0) is 12.4. The molecule has 0 bridgehead atoms. The van der Waals surface area contributed by atoms with Gasteiger partial charge >= 0.3 is 0 Å². The van der Waals surface area contributed by atoms with E-state index in [1.54, 1.807) is 0 Å². The Balaban J connectivity index is 1.64. The van der Waals surface area contributed by atoms with Gasteiger partial charge in [0.25, 0.3) is 0 Å². The summed E-state index contributed by atoms with van der Waals surface area (Å²) in [6.45, 7) is 3.37. The molecule has 1 N–H and O–H groups in total. The second kappa shape index (κ2) is 5.60. The lowest BCUT2D eigenvalue weighted by Gasteiger charge is -2.26. The van der Waals surface area contributed by atoms with Gasteiger partial charge in [0.1, 0.15) is 0 Å². The van der Waals surface area contributed by atoms with E-state index in [2.05, 4.69) is 22.3 Å². The van der Waals surface area contributed by atoms with Crippen LogP contribution in [0, 0.1) is 0 Å². The van der Waals surface area contributed by atoms with Crippen LogP contribution in [-0.2, 0) is 6.54 Å². The van der Waals surface area contributed by atoms with E-state index in [4.69, 9.17) is 11.6 Å². The largest absolute Gasteiger partial charge is 0.313 e. The van der Waals surface area contributed by atoms with Crippen LogP contribution in [0.3, 0.4) is 0 Å². The molecule has 2 fully saturated rings. The molecule has 2 nitrogen and oxygen atoms in total. The molecule has 0 aromatic heterocycles. The molecule has 1 heterocycles. The summed E-state index contributed by atoms with van der Waals surface area (Å²) in [5, 5.41) is 4.50. The van der Waals surface area contributed by atoms with Gasteiger partial charge in [-0.05, 0) is 43.9 Å². The van der Waals surface area contributed by atoms with E-state index in [0.29, 0.717) is 6.04 Å². The number of halogens is 1. The molecule has 0 amide bonds. The molecule has 1 saturated carbocycles. The molecule has 0 radical (unpaired) electrons. The first kappa shape index (κ1) is 12.5. The van der Waals surface area contributed by atoms with Crippen LogP contribution in [0.25, 0.3) is 0 Å². The summed E-state index contributed by atoms with van der Waals surface area (Å²) in [7, 11) is 0. The van der Waals surface area contributed by atoms with Crippen molar-refractivity contribution in [1.29, 1.82) is 0 Å². The van der Waals surface area contributed by atoms with Crippen molar-refractivity contribution in [3.63, 3.8) is 0 Å². The topological polar surface area (TPSA) is 15.3 Å². The molecule has 1 atom stereocenters. The van der Waals surface area contributed by atoms with Gasteiger partial charge in [-0.3, -0.25) is 4.90 Å². The first-order valence-corrected chi connectivity index (χ1v) is 7.41. The number of hydrogen-bond acceptors (Lipinski definition) is 2. The summed E-state index contributed by atoms with van der Waals surface area (Å²) >= 11 is 6.27. The fourth-order valence-corrected chi connectivity index (χ4v) is 3.02. The highest BCUT2D eigenvalue weighted by atomic mass is 35.5. The minimum Gasteiger partial charge on any atom is -0.313 e. The lowest BCUT2D eigenvalue weighted by Crippen LogP contribution is -2.38. The van der Waals surface area contributed by atoms with Gasteiger partial charge in [-0.25, -0.2) is 0 Å². The van der Waals surface area contributed by atoms with Gasteiger partial charge in [0.15, 0.2) is 0 Å². The van der Waals surface area contributed by atoms with E-state index >= 15 is 0 Å². The van der Waals surface area contributed by atoms with E-state index in [1.807, 2.05) is 12.1 Å². The quantitative estimate of drug-likeness (QED) is 0.879. The monoisotopic (exact) mass is 264 g/mol. The standard InChI is InChI=1S/C15H21ClN2/c16-15-6-2-1-4-12(15)10-18(14-7-8-14)11-13-5-3-9-17-13/h1-2,4,6,13-14,17H,3,5,7-11H2. The van der Waals surface area contributed by atoms with E-state index in [9.17, 15) is 0 Å². The third-order valence-corrected chi connectivity index (χ3v) is 4.38. The van der Waals surface area contributed by atoms with Gasteiger partial charge in [-0.1, -0.05) is 29.8 Å². The summed E-state index contributed by atoms with van der Waals surface area (Å²) in [5.74, 6) is 0. The molecule has 1 unspecified atom stereocenters. The third-order valence-electron chi connectivity index (χ3n) is 4.01. The highest BCUT2D eigenvalue weighted by Crippen LogP contribution is 2.30. The van der Waals surface area contributed by atoms with Crippen molar-refractivity contribution >= 4 is 11.6 Å². The maximum absolute atomic E-state index is 6.27. The minimum atomic E-state index is 0.688. The molecule has 1 aliphatic heterocycles. The average Bonchev–Trinajstić information content (AvgIpc) is 3.10. The smallest absolute Gasteiger partial charge is 0.0451 e. The van der Waals surface area contributed by atoms with Crippen molar-refractivity contribution in [1.82, 2.24) is 10.2 Å². The molecule has 1 aromatic rings. The molecule has 1 saturated heterocycles. The Kier molecular flexibility index (Phi) is 3.88. The summed E-state index contributed by atoms with van der Waals surface area (Å²) in [5.41, 5.74) is 1.27. The Bertz CT molecular complexity index is 397. The average molecular weight is 265 g/mol. The molecule has 1 aromatic carbocycles. The Morgan fingerprint density at radius 2 is 2.06 bits per heavy atom. The molecule has 18 heavy (non-hydrogen) atoms. The van der Waals surface area contributed by atoms with Crippen molar-refractivity contribution in [3.05, 3.63) is 34.9 Å². The van der Waals surface area contributed by atoms with Crippen LogP contribution in [0.2, 0.25) is 5.02 Å². The summed E-state index contributed by atoms with van der Waals surface area (Å²) in [6, 6.07) is 9.72. The number of nitrogens with zero attached hydrogens (tertiary/aromatic N) is 1. The molecule has 98 valence electrons. The Labute approximate surface area is 114 Å². The van der Waals surface area contributed by atoms with Gasteiger partial charge < -0.3 is 5.32 Å². The highest BCUT2D eigenvalue weighted by Gasteiger charge is 2.31. The number of nitrogens with one attached hydrogen (secondary N) is 1. The number of rotatable bonds is 5. The van der Waals surface area contributed by atoms with Crippen LogP contribution in [-0.4, -0.2) is 30.1 Å². The van der Waals surface area contributed by atoms with Crippen molar-refractivity contribution in [3.8, 4) is 0 Å². The second-order valence-electron chi connectivity index (χ2n) is 5.55. The summed E-state index contributed by atoms with van der Waals surface area (Å²) in [6.07, 6.45) is 5.37. The molecule has 2 aliphatic rings.